The number of hydrogen-bond donors (Lipinski definition) is 1. The average Bonchev–Trinajstić information content (AvgIpc) is 2.72. The molecular weight excluding hydrogens is 388 g/mol. The fourth-order valence-electron chi connectivity index (χ4n) is 3.33. The van der Waals surface area contributed by atoms with Crippen LogP contribution in [0.1, 0.15) is 18.4 Å². The SMILES string of the molecule is CS(=O)(=O)c1ccccc1NC(=O)C1CCN(C(=O)/C=C/c2ccccc2)CC1. The molecule has 0 aromatic heterocycles. The Morgan fingerprint density at radius 3 is 2.28 bits per heavy atom. The lowest BCUT2D eigenvalue weighted by Gasteiger charge is -2.30. The first kappa shape index (κ1) is 20.8. The molecule has 3 rings (SSSR count). The number of para-hydroxylation sites is 1. The molecule has 152 valence electrons. The van der Waals surface area contributed by atoms with Gasteiger partial charge in [-0.15, -0.1) is 0 Å². The van der Waals surface area contributed by atoms with Crippen molar-refractivity contribution in [1.82, 2.24) is 4.90 Å². The lowest BCUT2D eigenvalue weighted by Crippen LogP contribution is -2.40. The maximum absolute atomic E-state index is 12.6. The molecule has 6 nitrogen and oxygen atoms in total. The third-order valence-corrected chi connectivity index (χ3v) is 6.09. The number of anilines is 1. The van der Waals surface area contributed by atoms with Crippen LogP contribution in [-0.2, 0) is 19.4 Å². The number of rotatable bonds is 5. The van der Waals surface area contributed by atoms with Gasteiger partial charge in [0.25, 0.3) is 0 Å². The van der Waals surface area contributed by atoms with E-state index in [4.69, 9.17) is 0 Å². The Hall–Kier alpha value is -2.93. The zero-order chi connectivity index (χ0) is 20.9. The van der Waals surface area contributed by atoms with Gasteiger partial charge in [-0.1, -0.05) is 42.5 Å². The van der Waals surface area contributed by atoms with Gasteiger partial charge in [-0.3, -0.25) is 9.59 Å². The van der Waals surface area contributed by atoms with E-state index in [1.54, 1.807) is 35.3 Å². The normalized spacial score (nSPS) is 15.4. The Balaban J connectivity index is 1.56. The van der Waals surface area contributed by atoms with Gasteiger partial charge in [-0.25, -0.2) is 8.42 Å². The fourth-order valence-corrected chi connectivity index (χ4v) is 4.17. The van der Waals surface area contributed by atoms with Crippen LogP contribution in [0, 0.1) is 5.92 Å². The molecule has 7 heteroatoms. The highest BCUT2D eigenvalue weighted by molar-refractivity contribution is 7.90. The van der Waals surface area contributed by atoms with Crippen molar-refractivity contribution in [1.29, 1.82) is 0 Å². The van der Waals surface area contributed by atoms with Crippen LogP contribution in [0.25, 0.3) is 6.08 Å². The molecule has 2 amide bonds. The molecule has 2 aromatic rings. The summed E-state index contributed by atoms with van der Waals surface area (Å²) in [4.78, 5) is 26.8. The Kier molecular flexibility index (Phi) is 6.49. The van der Waals surface area contributed by atoms with Crippen LogP contribution in [0.15, 0.2) is 65.6 Å². The molecule has 0 radical (unpaired) electrons. The highest BCUT2D eigenvalue weighted by Gasteiger charge is 2.27. The maximum Gasteiger partial charge on any atom is 0.246 e. The average molecular weight is 413 g/mol. The molecule has 0 atom stereocenters. The highest BCUT2D eigenvalue weighted by Crippen LogP contribution is 2.24. The van der Waals surface area contributed by atoms with Crippen molar-refractivity contribution in [3.63, 3.8) is 0 Å². The number of nitrogens with zero attached hydrogens (tertiary/aromatic N) is 1. The molecule has 1 heterocycles. The van der Waals surface area contributed by atoms with Crippen LogP contribution in [0.4, 0.5) is 5.69 Å². The number of amides is 2. The second-order valence-electron chi connectivity index (χ2n) is 7.10. The molecule has 1 saturated heterocycles. The second-order valence-corrected chi connectivity index (χ2v) is 9.09. The lowest BCUT2D eigenvalue weighted by atomic mass is 9.95. The number of carbonyl (C=O) groups excluding carboxylic acids is 2. The minimum absolute atomic E-state index is 0.0740. The summed E-state index contributed by atoms with van der Waals surface area (Å²) in [6.07, 6.45) is 5.53. The Labute approximate surface area is 171 Å². The Morgan fingerprint density at radius 2 is 1.62 bits per heavy atom. The summed E-state index contributed by atoms with van der Waals surface area (Å²) in [7, 11) is -3.43. The summed E-state index contributed by atoms with van der Waals surface area (Å²) in [6, 6.07) is 16.0. The predicted molar refractivity (Wildman–Crippen MR) is 113 cm³/mol. The number of sulfone groups is 1. The number of benzene rings is 2. The molecule has 1 aliphatic heterocycles. The van der Waals surface area contributed by atoms with E-state index in [2.05, 4.69) is 5.32 Å². The topological polar surface area (TPSA) is 83.6 Å². The van der Waals surface area contributed by atoms with Gasteiger partial charge in [0.05, 0.1) is 10.6 Å². The maximum atomic E-state index is 12.6. The third-order valence-electron chi connectivity index (χ3n) is 4.94. The molecule has 0 saturated carbocycles. The van der Waals surface area contributed by atoms with Crippen LogP contribution >= 0.6 is 0 Å². The first-order valence-corrected chi connectivity index (χ1v) is 11.4. The van der Waals surface area contributed by atoms with Gasteiger partial charge in [0, 0.05) is 31.3 Å². The smallest absolute Gasteiger partial charge is 0.246 e. The summed E-state index contributed by atoms with van der Waals surface area (Å²) in [5, 5.41) is 2.74. The van der Waals surface area contributed by atoms with E-state index in [9.17, 15) is 18.0 Å². The van der Waals surface area contributed by atoms with Gasteiger partial charge >= 0.3 is 0 Å². The minimum atomic E-state index is -3.43. The summed E-state index contributed by atoms with van der Waals surface area (Å²) in [5.41, 5.74) is 1.25. The van der Waals surface area contributed by atoms with Crippen LogP contribution in [-0.4, -0.2) is 44.5 Å². The lowest BCUT2D eigenvalue weighted by molar-refractivity contribution is -0.130. The van der Waals surface area contributed by atoms with E-state index in [1.807, 2.05) is 30.3 Å². The third kappa shape index (κ3) is 5.54. The van der Waals surface area contributed by atoms with Crippen molar-refractivity contribution < 1.29 is 18.0 Å². The van der Waals surface area contributed by atoms with E-state index in [1.165, 1.54) is 6.07 Å². The summed E-state index contributed by atoms with van der Waals surface area (Å²) >= 11 is 0. The van der Waals surface area contributed by atoms with Crippen LogP contribution in [0.5, 0.6) is 0 Å². The van der Waals surface area contributed by atoms with E-state index in [-0.39, 0.29) is 22.6 Å². The van der Waals surface area contributed by atoms with E-state index in [0.717, 1.165) is 11.8 Å². The largest absolute Gasteiger partial charge is 0.339 e. The monoisotopic (exact) mass is 412 g/mol. The van der Waals surface area contributed by atoms with Crippen LogP contribution in [0.2, 0.25) is 0 Å². The number of hydrogen-bond acceptors (Lipinski definition) is 4. The van der Waals surface area contributed by atoms with Crippen molar-refractivity contribution >= 4 is 33.4 Å². The van der Waals surface area contributed by atoms with Crippen molar-refractivity contribution in [3.8, 4) is 0 Å². The summed E-state index contributed by atoms with van der Waals surface area (Å²) < 4.78 is 23.8. The summed E-state index contributed by atoms with van der Waals surface area (Å²) in [5.74, 6) is -0.548. The van der Waals surface area contributed by atoms with Gasteiger partial charge in [-0.2, -0.15) is 0 Å². The van der Waals surface area contributed by atoms with Gasteiger partial charge in [0.2, 0.25) is 11.8 Å². The fraction of sp³-hybridized carbons (Fsp3) is 0.273. The molecule has 1 fully saturated rings. The molecule has 2 aromatic carbocycles. The van der Waals surface area contributed by atoms with Crippen molar-refractivity contribution in [2.24, 2.45) is 5.92 Å². The molecule has 0 aliphatic carbocycles. The van der Waals surface area contributed by atoms with Gasteiger partial charge in [0.15, 0.2) is 9.84 Å². The molecule has 29 heavy (non-hydrogen) atoms. The Bertz CT molecular complexity index is 1010. The molecular formula is C22H24N2O4S. The Morgan fingerprint density at radius 1 is 1.00 bits per heavy atom. The highest BCUT2D eigenvalue weighted by atomic mass is 32.2. The van der Waals surface area contributed by atoms with Gasteiger partial charge in [0.1, 0.15) is 0 Å². The zero-order valence-electron chi connectivity index (χ0n) is 16.2. The molecule has 0 unspecified atom stereocenters. The summed E-state index contributed by atoms with van der Waals surface area (Å²) in [6.45, 7) is 0.980. The van der Waals surface area contributed by atoms with Crippen molar-refractivity contribution in [2.75, 3.05) is 24.7 Å². The standard InChI is InChI=1S/C22H24N2O4S/c1-29(27,28)20-10-6-5-9-19(20)23-22(26)18-13-15-24(16-14-18)21(25)12-11-17-7-3-2-4-8-17/h2-12,18H,13-16H2,1H3,(H,23,26)/b12-11+. The molecule has 0 bridgehead atoms. The first-order valence-electron chi connectivity index (χ1n) is 9.46. The molecule has 1 N–H and O–H groups in total. The predicted octanol–water partition coefficient (Wildman–Crippen LogP) is 2.98. The van der Waals surface area contributed by atoms with Crippen molar-refractivity contribution in [2.45, 2.75) is 17.7 Å². The number of likely N-dealkylation sites (tertiary alicyclic amines) is 1. The van der Waals surface area contributed by atoms with Gasteiger partial charge < -0.3 is 10.2 Å². The quantitative estimate of drug-likeness (QED) is 0.766. The second kappa shape index (κ2) is 9.05. The zero-order valence-corrected chi connectivity index (χ0v) is 17.1. The number of carbonyl (C=O) groups is 2. The molecule has 1 aliphatic rings. The van der Waals surface area contributed by atoms with E-state index in [0.29, 0.717) is 31.6 Å². The van der Waals surface area contributed by atoms with E-state index >= 15 is 0 Å². The number of piperidine rings is 1. The van der Waals surface area contributed by atoms with Crippen LogP contribution < -0.4 is 5.32 Å². The number of nitrogens with one attached hydrogen (secondary N) is 1. The molecule has 0 spiro atoms. The van der Waals surface area contributed by atoms with Gasteiger partial charge in [-0.05, 0) is 36.6 Å². The first-order chi connectivity index (χ1) is 13.8. The van der Waals surface area contributed by atoms with Crippen LogP contribution in [0.3, 0.4) is 0 Å². The van der Waals surface area contributed by atoms with Crippen molar-refractivity contribution in [3.05, 3.63) is 66.2 Å². The van der Waals surface area contributed by atoms with E-state index < -0.39 is 9.84 Å². The minimum Gasteiger partial charge on any atom is -0.339 e.